The van der Waals surface area contributed by atoms with E-state index in [1.54, 1.807) is 4.90 Å². The number of anilines is 1. The van der Waals surface area contributed by atoms with Gasteiger partial charge in [-0.15, -0.1) is 0 Å². The molecule has 2 aliphatic heterocycles. The highest BCUT2D eigenvalue weighted by Crippen LogP contribution is 2.49. The number of benzene rings is 1. The SMILES string of the molecule is C[C@]12CCC[C@@H]3OC(=O)N(c4ccccc4O1)[C@@H]32. The Morgan fingerprint density at radius 3 is 3.11 bits per heavy atom. The lowest BCUT2D eigenvalue weighted by atomic mass is 9.78. The third-order valence-electron chi connectivity index (χ3n) is 4.33. The van der Waals surface area contributed by atoms with Gasteiger partial charge in [-0.3, -0.25) is 4.90 Å². The minimum Gasteiger partial charge on any atom is -0.483 e. The summed E-state index contributed by atoms with van der Waals surface area (Å²) < 4.78 is 11.7. The summed E-state index contributed by atoms with van der Waals surface area (Å²) in [6.45, 7) is 2.09. The third-order valence-corrected chi connectivity index (χ3v) is 4.33. The lowest BCUT2D eigenvalue weighted by Crippen LogP contribution is -2.61. The van der Waals surface area contributed by atoms with E-state index in [4.69, 9.17) is 9.47 Å². The predicted octanol–water partition coefficient (Wildman–Crippen LogP) is 2.72. The van der Waals surface area contributed by atoms with Crippen LogP contribution < -0.4 is 9.64 Å². The minimum absolute atomic E-state index is 0.0219. The molecule has 18 heavy (non-hydrogen) atoms. The fraction of sp³-hybridized carbons (Fsp3) is 0.500. The van der Waals surface area contributed by atoms with E-state index < -0.39 is 0 Å². The molecule has 1 aliphatic carbocycles. The Bertz CT molecular complexity index is 530. The Balaban J connectivity index is 1.92. The zero-order valence-corrected chi connectivity index (χ0v) is 10.3. The molecule has 3 atom stereocenters. The van der Waals surface area contributed by atoms with Crippen molar-refractivity contribution in [1.29, 1.82) is 0 Å². The molecular weight excluding hydrogens is 230 g/mol. The summed E-state index contributed by atoms with van der Waals surface area (Å²) in [7, 11) is 0. The van der Waals surface area contributed by atoms with Gasteiger partial charge in [0.15, 0.2) is 0 Å². The molecule has 1 saturated heterocycles. The van der Waals surface area contributed by atoms with Gasteiger partial charge in [0, 0.05) is 0 Å². The Kier molecular flexibility index (Phi) is 1.81. The number of fused-ring (bicyclic) bond motifs is 2. The van der Waals surface area contributed by atoms with Crippen LogP contribution in [0.4, 0.5) is 10.5 Å². The predicted molar refractivity (Wildman–Crippen MR) is 65.9 cm³/mol. The summed E-state index contributed by atoms with van der Waals surface area (Å²) in [5.74, 6) is 0.788. The normalized spacial score (nSPS) is 36.5. The van der Waals surface area contributed by atoms with Crippen molar-refractivity contribution < 1.29 is 14.3 Å². The number of hydrogen-bond donors (Lipinski definition) is 0. The number of carbonyl (C=O) groups excluding carboxylic acids is 1. The van der Waals surface area contributed by atoms with Crippen LogP contribution in [0.2, 0.25) is 0 Å². The number of carbonyl (C=O) groups is 1. The van der Waals surface area contributed by atoms with Gasteiger partial charge in [-0.05, 0) is 38.3 Å². The fourth-order valence-corrected chi connectivity index (χ4v) is 3.57. The Morgan fingerprint density at radius 2 is 2.22 bits per heavy atom. The molecule has 0 N–H and O–H groups in total. The monoisotopic (exact) mass is 245 g/mol. The molecule has 0 spiro atoms. The van der Waals surface area contributed by atoms with E-state index in [-0.39, 0.29) is 23.8 Å². The van der Waals surface area contributed by atoms with Crippen LogP contribution in [0.15, 0.2) is 24.3 Å². The summed E-state index contributed by atoms with van der Waals surface area (Å²) in [5, 5.41) is 0. The molecule has 0 radical (unpaired) electrons. The summed E-state index contributed by atoms with van der Waals surface area (Å²) >= 11 is 0. The molecule has 0 aromatic heterocycles. The van der Waals surface area contributed by atoms with E-state index >= 15 is 0 Å². The van der Waals surface area contributed by atoms with Crippen molar-refractivity contribution in [3.63, 3.8) is 0 Å². The first-order valence-electron chi connectivity index (χ1n) is 6.47. The molecular formula is C14H15NO3. The summed E-state index contributed by atoms with van der Waals surface area (Å²) in [4.78, 5) is 13.9. The summed E-state index contributed by atoms with van der Waals surface area (Å²) in [5.41, 5.74) is 0.526. The molecule has 94 valence electrons. The number of rotatable bonds is 0. The maximum Gasteiger partial charge on any atom is 0.415 e. The van der Waals surface area contributed by atoms with Gasteiger partial charge in [0.1, 0.15) is 23.5 Å². The average molecular weight is 245 g/mol. The maximum atomic E-state index is 12.1. The van der Waals surface area contributed by atoms with Gasteiger partial charge in [-0.2, -0.15) is 0 Å². The second-order valence-electron chi connectivity index (χ2n) is 5.51. The third kappa shape index (κ3) is 1.13. The zero-order valence-electron chi connectivity index (χ0n) is 10.3. The van der Waals surface area contributed by atoms with Crippen molar-refractivity contribution in [3.8, 4) is 5.75 Å². The minimum atomic E-state index is -0.316. The van der Waals surface area contributed by atoms with Crippen LogP contribution in [0.3, 0.4) is 0 Å². The number of nitrogens with zero attached hydrogens (tertiary/aromatic N) is 1. The van der Waals surface area contributed by atoms with Crippen LogP contribution in [-0.2, 0) is 4.74 Å². The van der Waals surface area contributed by atoms with Gasteiger partial charge in [0.25, 0.3) is 0 Å². The van der Waals surface area contributed by atoms with Crippen LogP contribution >= 0.6 is 0 Å². The van der Waals surface area contributed by atoms with Crippen molar-refractivity contribution >= 4 is 11.8 Å². The highest BCUT2D eigenvalue weighted by Gasteiger charge is 2.58. The number of hydrogen-bond acceptors (Lipinski definition) is 3. The van der Waals surface area contributed by atoms with Crippen LogP contribution in [0.25, 0.3) is 0 Å². The van der Waals surface area contributed by atoms with E-state index in [1.165, 1.54) is 0 Å². The van der Waals surface area contributed by atoms with Crippen LogP contribution in [0.1, 0.15) is 26.2 Å². The van der Waals surface area contributed by atoms with Crippen molar-refractivity contribution in [2.45, 2.75) is 43.9 Å². The molecule has 1 saturated carbocycles. The second-order valence-corrected chi connectivity index (χ2v) is 5.51. The van der Waals surface area contributed by atoms with E-state index in [0.717, 1.165) is 30.7 Å². The Morgan fingerprint density at radius 1 is 1.39 bits per heavy atom. The molecule has 1 aromatic carbocycles. The number of ether oxygens (including phenoxy) is 2. The highest BCUT2D eigenvalue weighted by atomic mass is 16.6. The topological polar surface area (TPSA) is 38.8 Å². The highest BCUT2D eigenvalue weighted by molar-refractivity contribution is 5.93. The standard InChI is InChI=1S/C14H15NO3/c1-14-8-4-7-11-12(14)15(13(16)17-11)9-5-2-3-6-10(9)18-14/h2-3,5-6,11-12H,4,7-8H2,1H3/t11-,12-,14+/m0/s1. The lowest BCUT2D eigenvalue weighted by Gasteiger charge is -2.47. The molecule has 4 rings (SSSR count). The molecule has 1 amide bonds. The first-order valence-corrected chi connectivity index (χ1v) is 6.47. The molecule has 4 nitrogen and oxygen atoms in total. The Hall–Kier alpha value is -1.71. The van der Waals surface area contributed by atoms with Gasteiger partial charge in [0.05, 0.1) is 5.69 Å². The molecule has 2 heterocycles. The van der Waals surface area contributed by atoms with Crippen molar-refractivity contribution in [2.24, 2.45) is 0 Å². The van der Waals surface area contributed by atoms with Gasteiger partial charge < -0.3 is 9.47 Å². The quantitative estimate of drug-likeness (QED) is 0.705. The van der Waals surface area contributed by atoms with Gasteiger partial charge in [-0.1, -0.05) is 12.1 Å². The summed E-state index contributed by atoms with van der Waals surface area (Å²) in [6.07, 6.45) is 2.70. The van der Waals surface area contributed by atoms with Crippen molar-refractivity contribution in [1.82, 2.24) is 0 Å². The molecule has 3 aliphatic rings. The van der Waals surface area contributed by atoms with E-state index in [2.05, 4.69) is 6.92 Å². The first-order chi connectivity index (χ1) is 8.69. The lowest BCUT2D eigenvalue weighted by molar-refractivity contribution is -0.0170. The molecule has 1 aromatic rings. The molecule has 4 heteroatoms. The number of amides is 1. The second kappa shape index (κ2) is 3.19. The molecule has 2 fully saturated rings. The van der Waals surface area contributed by atoms with Gasteiger partial charge in [-0.25, -0.2) is 4.79 Å². The molecule has 0 bridgehead atoms. The average Bonchev–Trinajstić information content (AvgIpc) is 2.68. The largest absolute Gasteiger partial charge is 0.483 e. The Labute approximate surface area is 105 Å². The molecule has 0 unspecified atom stereocenters. The van der Waals surface area contributed by atoms with E-state index in [0.29, 0.717) is 0 Å². The summed E-state index contributed by atoms with van der Waals surface area (Å²) in [6, 6.07) is 7.73. The van der Waals surface area contributed by atoms with Crippen molar-refractivity contribution in [2.75, 3.05) is 4.90 Å². The van der Waals surface area contributed by atoms with Gasteiger partial charge >= 0.3 is 6.09 Å². The van der Waals surface area contributed by atoms with E-state index in [1.807, 2.05) is 24.3 Å². The van der Waals surface area contributed by atoms with Crippen molar-refractivity contribution in [3.05, 3.63) is 24.3 Å². The maximum absolute atomic E-state index is 12.1. The first kappa shape index (κ1) is 10.2. The fourth-order valence-electron chi connectivity index (χ4n) is 3.57. The van der Waals surface area contributed by atoms with E-state index in [9.17, 15) is 4.79 Å². The van der Waals surface area contributed by atoms with Gasteiger partial charge in [0.2, 0.25) is 0 Å². The van der Waals surface area contributed by atoms with Crippen LogP contribution in [0.5, 0.6) is 5.75 Å². The number of para-hydroxylation sites is 2. The smallest absolute Gasteiger partial charge is 0.415 e. The van der Waals surface area contributed by atoms with Crippen LogP contribution in [0, 0.1) is 0 Å². The zero-order chi connectivity index (χ0) is 12.3. The van der Waals surface area contributed by atoms with Crippen LogP contribution in [-0.4, -0.2) is 23.8 Å².